The lowest BCUT2D eigenvalue weighted by Crippen LogP contribution is -2.48. The standard InChI is InChI=1S/C28H41N3O7/c1-6-11-22(15-25(33)29-20(5)16-32)26(34)30-24(19(3)4)18-37-27(35)23(12-7-2)31-28(36)38-17-21-13-9-8-10-14-21/h6-10,13-14,19-20,22-24,32H,1-2,11-12,15-18H2,3-5H3,(H,29,33)(H,30,34)(H,31,36)/t20-,22-,23+,24+/m0/s1. The van der Waals surface area contributed by atoms with Gasteiger partial charge < -0.3 is 30.5 Å². The second-order valence-electron chi connectivity index (χ2n) is 9.35. The van der Waals surface area contributed by atoms with Crippen LogP contribution in [-0.4, -0.2) is 60.3 Å². The van der Waals surface area contributed by atoms with Crippen molar-refractivity contribution in [2.75, 3.05) is 13.2 Å². The summed E-state index contributed by atoms with van der Waals surface area (Å²) in [6, 6.07) is 7.15. The molecule has 0 radical (unpaired) electrons. The Balaban J connectivity index is 2.70. The van der Waals surface area contributed by atoms with E-state index in [0.29, 0.717) is 0 Å². The molecule has 3 amide bonds. The number of allylic oxidation sites excluding steroid dienone is 1. The average Bonchev–Trinajstić information content (AvgIpc) is 2.89. The van der Waals surface area contributed by atoms with E-state index in [2.05, 4.69) is 29.1 Å². The molecule has 0 saturated carbocycles. The average molecular weight is 532 g/mol. The van der Waals surface area contributed by atoms with Gasteiger partial charge in [0.05, 0.1) is 18.6 Å². The van der Waals surface area contributed by atoms with Gasteiger partial charge in [-0.2, -0.15) is 0 Å². The van der Waals surface area contributed by atoms with Crippen LogP contribution in [0.5, 0.6) is 0 Å². The molecular formula is C28H41N3O7. The molecule has 0 aliphatic carbocycles. The summed E-state index contributed by atoms with van der Waals surface area (Å²) in [5, 5.41) is 17.1. The number of esters is 1. The van der Waals surface area contributed by atoms with Crippen LogP contribution in [0.4, 0.5) is 4.79 Å². The van der Waals surface area contributed by atoms with Crippen molar-refractivity contribution in [1.82, 2.24) is 16.0 Å². The van der Waals surface area contributed by atoms with Gasteiger partial charge in [-0.15, -0.1) is 13.2 Å². The molecule has 1 aromatic rings. The molecule has 4 N–H and O–H groups in total. The summed E-state index contributed by atoms with van der Waals surface area (Å²) >= 11 is 0. The maximum atomic E-state index is 12.9. The zero-order chi connectivity index (χ0) is 28.5. The first kappa shape index (κ1) is 32.4. The molecule has 0 aliphatic rings. The van der Waals surface area contributed by atoms with Crippen LogP contribution >= 0.6 is 0 Å². The Hall–Kier alpha value is -3.66. The van der Waals surface area contributed by atoms with Crippen LogP contribution in [0.25, 0.3) is 0 Å². The molecule has 1 aromatic carbocycles. The number of rotatable bonds is 17. The van der Waals surface area contributed by atoms with E-state index in [0.717, 1.165) is 5.56 Å². The SMILES string of the molecule is C=CC[C@@H](CC(=O)N[C@@H](C)CO)C(=O)N[C@H](COC(=O)[C@@H](CC=C)NC(=O)OCc1ccccc1)C(C)C. The molecule has 1 rings (SSSR count). The molecule has 38 heavy (non-hydrogen) atoms. The third kappa shape index (κ3) is 12.5. The number of ether oxygens (including phenoxy) is 2. The van der Waals surface area contributed by atoms with Crippen molar-refractivity contribution in [2.24, 2.45) is 11.8 Å². The minimum atomic E-state index is -1.01. The molecule has 0 spiro atoms. The lowest BCUT2D eigenvalue weighted by Gasteiger charge is -2.26. The first-order chi connectivity index (χ1) is 18.1. The van der Waals surface area contributed by atoms with Crippen LogP contribution in [0.2, 0.25) is 0 Å². The van der Waals surface area contributed by atoms with Gasteiger partial charge in [0.1, 0.15) is 19.3 Å². The van der Waals surface area contributed by atoms with E-state index in [1.54, 1.807) is 13.0 Å². The molecule has 0 bridgehead atoms. The Labute approximate surface area is 224 Å². The molecule has 10 nitrogen and oxygen atoms in total. The van der Waals surface area contributed by atoms with Gasteiger partial charge in [0.2, 0.25) is 11.8 Å². The van der Waals surface area contributed by atoms with E-state index >= 15 is 0 Å². The highest BCUT2D eigenvalue weighted by molar-refractivity contribution is 5.86. The lowest BCUT2D eigenvalue weighted by molar-refractivity contribution is -0.148. The Bertz CT molecular complexity index is 920. The molecule has 0 unspecified atom stereocenters. The summed E-state index contributed by atoms with van der Waals surface area (Å²) in [4.78, 5) is 50.1. The summed E-state index contributed by atoms with van der Waals surface area (Å²) in [6.45, 7) is 12.4. The van der Waals surface area contributed by atoms with Gasteiger partial charge in [-0.1, -0.05) is 56.3 Å². The molecule has 0 saturated heterocycles. The predicted octanol–water partition coefficient (Wildman–Crippen LogP) is 2.62. The third-order valence-corrected chi connectivity index (χ3v) is 5.66. The zero-order valence-corrected chi connectivity index (χ0v) is 22.5. The van der Waals surface area contributed by atoms with Crippen LogP contribution in [0, 0.1) is 11.8 Å². The number of carbonyl (C=O) groups excluding carboxylic acids is 4. The molecule has 10 heteroatoms. The van der Waals surface area contributed by atoms with Crippen LogP contribution in [-0.2, 0) is 30.5 Å². The number of aliphatic hydroxyl groups is 1. The van der Waals surface area contributed by atoms with Crippen molar-refractivity contribution >= 4 is 23.9 Å². The quantitative estimate of drug-likeness (QED) is 0.179. The summed E-state index contributed by atoms with van der Waals surface area (Å²) in [7, 11) is 0. The van der Waals surface area contributed by atoms with Gasteiger partial charge >= 0.3 is 12.1 Å². The number of nitrogens with one attached hydrogen (secondary N) is 3. The highest BCUT2D eigenvalue weighted by Gasteiger charge is 2.27. The Morgan fingerprint density at radius 1 is 0.947 bits per heavy atom. The molecule has 0 aliphatic heterocycles. The van der Waals surface area contributed by atoms with Crippen LogP contribution in [0.1, 0.15) is 45.6 Å². The second kappa shape index (κ2) is 17.7. The number of hydrogen-bond acceptors (Lipinski definition) is 7. The minimum Gasteiger partial charge on any atom is -0.462 e. The molecule has 0 fully saturated rings. The van der Waals surface area contributed by atoms with Crippen molar-refractivity contribution in [3.63, 3.8) is 0 Å². The third-order valence-electron chi connectivity index (χ3n) is 5.66. The largest absolute Gasteiger partial charge is 0.462 e. The normalized spacial score (nSPS) is 13.8. The van der Waals surface area contributed by atoms with E-state index in [-0.39, 0.29) is 56.8 Å². The monoisotopic (exact) mass is 531 g/mol. The summed E-state index contributed by atoms with van der Waals surface area (Å²) in [5.74, 6) is -2.21. The fourth-order valence-corrected chi connectivity index (χ4v) is 3.35. The van der Waals surface area contributed by atoms with E-state index < -0.39 is 36.1 Å². The number of aliphatic hydroxyl groups excluding tert-OH is 1. The van der Waals surface area contributed by atoms with Gasteiger partial charge in [-0.05, 0) is 31.2 Å². The fourth-order valence-electron chi connectivity index (χ4n) is 3.35. The summed E-state index contributed by atoms with van der Waals surface area (Å²) in [5.41, 5.74) is 0.802. The van der Waals surface area contributed by atoms with Gasteiger partial charge in [-0.25, -0.2) is 9.59 Å². The molecular weight excluding hydrogens is 490 g/mol. The van der Waals surface area contributed by atoms with Crippen molar-refractivity contribution in [3.8, 4) is 0 Å². The lowest BCUT2D eigenvalue weighted by atomic mass is 9.97. The molecule has 0 aromatic heterocycles. The van der Waals surface area contributed by atoms with Crippen molar-refractivity contribution < 1.29 is 33.8 Å². The Morgan fingerprint density at radius 2 is 1.61 bits per heavy atom. The minimum absolute atomic E-state index is 0.0484. The predicted molar refractivity (Wildman–Crippen MR) is 144 cm³/mol. The van der Waals surface area contributed by atoms with E-state index in [4.69, 9.17) is 14.6 Å². The van der Waals surface area contributed by atoms with Crippen molar-refractivity contribution in [3.05, 3.63) is 61.2 Å². The Morgan fingerprint density at radius 3 is 2.18 bits per heavy atom. The smallest absolute Gasteiger partial charge is 0.408 e. The number of benzene rings is 1. The first-order valence-corrected chi connectivity index (χ1v) is 12.7. The van der Waals surface area contributed by atoms with Gasteiger partial charge in [0, 0.05) is 12.5 Å². The zero-order valence-electron chi connectivity index (χ0n) is 22.5. The first-order valence-electron chi connectivity index (χ1n) is 12.7. The van der Waals surface area contributed by atoms with Crippen LogP contribution < -0.4 is 16.0 Å². The van der Waals surface area contributed by atoms with Gasteiger partial charge in [0.15, 0.2) is 0 Å². The van der Waals surface area contributed by atoms with Crippen molar-refractivity contribution in [2.45, 2.75) is 64.8 Å². The Kier molecular flexibility index (Phi) is 15.1. The van der Waals surface area contributed by atoms with Gasteiger partial charge in [0.25, 0.3) is 0 Å². The molecule has 0 heterocycles. The fraction of sp³-hybridized carbons (Fsp3) is 0.500. The summed E-state index contributed by atoms with van der Waals surface area (Å²) < 4.78 is 10.6. The number of amides is 3. The molecule has 210 valence electrons. The summed E-state index contributed by atoms with van der Waals surface area (Å²) in [6.07, 6.45) is 2.58. The van der Waals surface area contributed by atoms with Gasteiger partial charge in [-0.3, -0.25) is 9.59 Å². The van der Waals surface area contributed by atoms with Crippen molar-refractivity contribution in [1.29, 1.82) is 0 Å². The second-order valence-corrected chi connectivity index (χ2v) is 9.35. The van der Waals surface area contributed by atoms with Crippen LogP contribution in [0.3, 0.4) is 0 Å². The number of alkyl carbamates (subject to hydrolysis) is 1. The maximum Gasteiger partial charge on any atom is 0.408 e. The number of hydrogen-bond donors (Lipinski definition) is 4. The number of carbonyl (C=O) groups is 4. The van der Waals surface area contributed by atoms with Crippen LogP contribution in [0.15, 0.2) is 55.6 Å². The molecule has 4 atom stereocenters. The topological polar surface area (TPSA) is 143 Å². The van der Waals surface area contributed by atoms with E-state index in [9.17, 15) is 19.2 Å². The highest BCUT2D eigenvalue weighted by Crippen LogP contribution is 2.13. The highest BCUT2D eigenvalue weighted by atomic mass is 16.6. The van der Waals surface area contributed by atoms with E-state index in [1.807, 2.05) is 44.2 Å². The van der Waals surface area contributed by atoms with E-state index in [1.165, 1.54) is 6.08 Å². The maximum absolute atomic E-state index is 12.9.